The third-order valence-electron chi connectivity index (χ3n) is 4.44. The average Bonchev–Trinajstić information content (AvgIpc) is 2.38. The summed E-state index contributed by atoms with van der Waals surface area (Å²) in [4.78, 5) is 2.12. The van der Waals surface area contributed by atoms with Gasteiger partial charge in [0, 0.05) is 19.1 Å². The number of nitrogens with two attached hydrogens (primary N) is 1. The molecule has 106 valence electrons. The molecule has 0 aromatic heterocycles. The van der Waals surface area contributed by atoms with Crippen molar-refractivity contribution in [1.29, 1.82) is 0 Å². The lowest BCUT2D eigenvalue weighted by Gasteiger charge is -2.38. The standard InChI is InChI=1S/C16H25FN2/c1-11-6-4-5-7-15(11)19(3)16-9-8-13(12(2)18)10-14(16)17/h8-12,15H,4-7,18H2,1-3H3/t11?,12-,15?/m0/s1. The fourth-order valence-electron chi connectivity index (χ4n) is 3.14. The Labute approximate surface area is 115 Å². The molecule has 2 unspecified atom stereocenters. The lowest BCUT2D eigenvalue weighted by molar-refractivity contribution is 0.320. The Morgan fingerprint density at radius 2 is 2.00 bits per heavy atom. The zero-order valence-corrected chi connectivity index (χ0v) is 12.2. The number of hydrogen-bond acceptors (Lipinski definition) is 2. The van der Waals surface area contributed by atoms with E-state index in [1.807, 2.05) is 26.1 Å². The molecule has 3 heteroatoms. The third kappa shape index (κ3) is 3.08. The summed E-state index contributed by atoms with van der Waals surface area (Å²) in [7, 11) is 2.01. The van der Waals surface area contributed by atoms with E-state index in [2.05, 4.69) is 11.8 Å². The smallest absolute Gasteiger partial charge is 0.146 e. The van der Waals surface area contributed by atoms with Crippen molar-refractivity contribution in [2.24, 2.45) is 11.7 Å². The largest absolute Gasteiger partial charge is 0.369 e. The van der Waals surface area contributed by atoms with E-state index in [1.165, 1.54) is 19.3 Å². The molecule has 0 saturated heterocycles. The van der Waals surface area contributed by atoms with Gasteiger partial charge in [-0.05, 0) is 43.4 Å². The van der Waals surface area contributed by atoms with E-state index in [1.54, 1.807) is 6.07 Å². The van der Waals surface area contributed by atoms with E-state index in [0.29, 0.717) is 17.6 Å². The molecule has 0 radical (unpaired) electrons. The SMILES string of the molecule is CC1CCCCC1N(C)c1ccc([C@H](C)N)cc1F. The van der Waals surface area contributed by atoms with Crippen LogP contribution >= 0.6 is 0 Å². The zero-order valence-electron chi connectivity index (χ0n) is 12.2. The van der Waals surface area contributed by atoms with Gasteiger partial charge >= 0.3 is 0 Å². The van der Waals surface area contributed by atoms with Gasteiger partial charge < -0.3 is 10.6 Å². The Hall–Kier alpha value is -1.09. The molecule has 0 bridgehead atoms. The highest BCUT2D eigenvalue weighted by Crippen LogP contribution is 2.32. The molecule has 19 heavy (non-hydrogen) atoms. The number of hydrogen-bond donors (Lipinski definition) is 1. The zero-order chi connectivity index (χ0) is 14.0. The summed E-state index contributed by atoms with van der Waals surface area (Å²) in [6.45, 7) is 4.15. The Bertz CT molecular complexity index is 431. The molecule has 2 N–H and O–H groups in total. The predicted molar refractivity (Wildman–Crippen MR) is 78.8 cm³/mol. The highest BCUT2D eigenvalue weighted by atomic mass is 19.1. The first kappa shape index (κ1) is 14.3. The van der Waals surface area contributed by atoms with Gasteiger partial charge in [-0.25, -0.2) is 4.39 Å². The van der Waals surface area contributed by atoms with E-state index in [-0.39, 0.29) is 11.9 Å². The van der Waals surface area contributed by atoms with E-state index in [9.17, 15) is 4.39 Å². The molecule has 0 spiro atoms. The van der Waals surface area contributed by atoms with Gasteiger partial charge in [-0.1, -0.05) is 25.8 Å². The normalized spacial score (nSPS) is 25.1. The van der Waals surface area contributed by atoms with E-state index in [4.69, 9.17) is 5.73 Å². The van der Waals surface area contributed by atoms with Crippen LogP contribution in [0.3, 0.4) is 0 Å². The van der Waals surface area contributed by atoms with Gasteiger partial charge in [0.15, 0.2) is 0 Å². The van der Waals surface area contributed by atoms with Crippen LogP contribution in [-0.4, -0.2) is 13.1 Å². The molecular formula is C16H25FN2. The van der Waals surface area contributed by atoms with Crippen LogP contribution in [0.15, 0.2) is 18.2 Å². The molecule has 1 aromatic rings. The molecule has 3 atom stereocenters. The van der Waals surface area contributed by atoms with E-state index >= 15 is 0 Å². The highest BCUT2D eigenvalue weighted by molar-refractivity contribution is 5.50. The number of rotatable bonds is 3. The van der Waals surface area contributed by atoms with Gasteiger partial charge in [0.2, 0.25) is 0 Å². The Morgan fingerprint density at radius 1 is 1.32 bits per heavy atom. The van der Waals surface area contributed by atoms with Crippen molar-refractivity contribution in [2.75, 3.05) is 11.9 Å². The number of anilines is 1. The van der Waals surface area contributed by atoms with Crippen molar-refractivity contribution in [3.05, 3.63) is 29.6 Å². The van der Waals surface area contributed by atoms with Gasteiger partial charge in [0.1, 0.15) is 5.82 Å². The van der Waals surface area contributed by atoms with Gasteiger partial charge in [0.05, 0.1) is 5.69 Å². The molecule has 1 aliphatic carbocycles. The first-order chi connectivity index (χ1) is 9.00. The van der Waals surface area contributed by atoms with Crippen LogP contribution in [0.25, 0.3) is 0 Å². The van der Waals surface area contributed by atoms with Crippen LogP contribution < -0.4 is 10.6 Å². The lowest BCUT2D eigenvalue weighted by Crippen LogP contribution is -2.39. The van der Waals surface area contributed by atoms with Crippen molar-refractivity contribution in [3.8, 4) is 0 Å². The van der Waals surface area contributed by atoms with Crippen molar-refractivity contribution in [1.82, 2.24) is 0 Å². The quantitative estimate of drug-likeness (QED) is 0.898. The third-order valence-corrected chi connectivity index (χ3v) is 4.44. The molecule has 1 saturated carbocycles. The van der Waals surface area contributed by atoms with Crippen molar-refractivity contribution < 1.29 is 4.39 Å². The van der Waals surface area contributed by atoms with Crippen molar-refractivity contribution in [3.63, 3.8) is 0 Å². The van der Waals surface area contributed by atoms with E-state index < -0.39 is 0 Å². The van der Waals surface area contributed by atoms with Crippen LogP contribution in [0.1, 0.15) is 51.1 Å². The molecule has 2 rings (SSSR count). The van der Waals surface area contributed by atoms with Crippen LogP contribution in [-0.2, 0) is 0 Å². The average molecular weight is 264 g/mol. The molecule has 0 amide bonds. The molecule has 0 heterocycles. The molecule has 2 nitrogen and oxygen atoms in total. The first-order valence-electron chi connectivity index (χ1n) is 7.28. The number of halogens is 1. The second kappa shape index (κ2) is 5.91. The van der Waals surface area contributed by atoms with Gasteiger partial charge in [-0.2, -0.15) is 0 Å². The Morgan fingerprint density at radius 3 is 2.58 bits per heavy atom. The minimum absolute atomic E-state index is 0.123. The maximum absolute atomic E-state index is 14.2. The van der Waals surface area contributed by atoms with Gasteiger partial charge in [-0.15, -0.1) is 0 Å². The highest BCUT2D eigenvalue weighted by Gasteiger charge is 2.26. The van der Waals surface area contributed by atoms with Crippen LogP contribution in [0, 0.1) is 11.7 Å². The van der Waals surface area contributed by atoms with E-state index in [0.717, 1.165) is 12.0 Å². The van der Waals surface area contributed by atoms with Gasteiger partial charge in [-0.3, -0.25) is 0 Å². The summed E-state index contributed by atoms with van der Waals surface area (Å²) in [5, 5.41) is 0. The fraction of sp³-hybridized carbons (Fsp3) is 0.625. The molecule has 0 aliphatic heterocycles. The summed E-state index contributed by atoms with van der Waals surface area (Å²) < 4.78 is 14.2. The lowest BCUT2D eigenvalue weighted by atomic mass is 9.85. The minimum atomic E-state index is -0.157. The molecule has 1 fully saturated rings. The Kier molecular flexibility index (Phi) is 4.46. The van der Waals surface area contributed by atoms with Crippen LogP contribution in [0.2, 0.25) is 0 Å². The van der Waals surface area contributed by atoms with Gasteiger partial charge in [0.25, 0.3) is 0 Å². The minimum Gasteiger partial charge on any atom is -0.369 e. The second-order valence-corrected chi connectivity index (χ2v) is 5.94. The monoisotopic (exact) mass is 264 g/mol. The summed E-state index contributed by atoms with van der Waals surface area (Å²) in [5.41, 5.74) is 7.34. The number of nitrogens with zero attached hydrogens (tertiary/aromatic N) is 1. The molecule has 1 aliphatic rings. The van der Waals surface area contributed by atoms with Crippen molar-refractivity contribution in [2.45, 2.75) is 51.6 Å². The topological polar surface area (TPSA) is 29.3 Å². The number of benzene rings is 1. The van der Waals surface area contributed by atoms with Crippen LogP contribution in [0.4, 0.5) is 10.1 Å². The second-order valence-electron chi connectivity index (χ2n) is 5.94. The summed E-state index contributed by atoms with van der Waals surface area (Å²) in [6.07, 6.45) is 4.96. The predicted octanol–water partition coefficient (Wildman–Crippen LogP) is 3.86. The van der Waals surface area contributed by atoms with Crippen LogP contribution in [0.5, 0.6) is 0 Å². The summed E-state index contributed by atoms with van der Waals surface area (Å²) in [5.74, 6) is 0.473. The Balaban J connectivity index is 2.21. The fourth-order valence-corrected chi connectivity index (χ4v) is 3.14. The molecular weight excluding hydrogens is 239 g/mol. The maximum Gasteiger partial charge on any atom is 0.146 e. The summed E-state index contributed by atoms with van der Waals surface area (Å²) in [6, 6.07) is 5.71. The first-order valence-corrected chi connectivity index (χ1v) is 7.28. The summed E-state index contributed by atoms with van der Waals surface area (Å²) >= 11 is 0. The van der Waals surface area contributed by atoms with Crippen molar-refractivity contribution >= 4 is 5.69 Å². The molecule has 1 aromatic carbocycles. The maximum atomic E-state index is 14.2.